The third-order valence-electron chi connectivity index (χ3n) is 3.05. The van der Waals surface area contributed by atoms with Gasteiger partial charge >= 0.3 is 0 Å². The Balaban J connectivity index is 1.83. The number of benzene rings is 1. The molecule has 0 amide bonds. The zero-order valence-electron chi connectivity index (χ0n) is 9.69. The quantitative estimate of drug-likeness (QED) is 0.823. The number of morpholine rings is 1. The van der Waals surface area contributed by atoms with E-state index in [1.807, 2.05) is 0 Å². The highest BCUT2D eigenvalue weighted by Crippen LogP contribution is 2.07. The molecule has 0 radical (unpaired) electrons. The van der Waals surface area contributed by atoms with Crippen LogP contribution in [-0.2, 0) is 17.7 Å². The van der Waals surface area contributed by atoms with Crippen LogP contribution >= 0.6 is 0 Å². The summed E-state index contributed by atoms with van der Waals surface area (Å²) in [7, 11) is 0. The maximum absolute atomic E-state index is 5.63. The molecule has 88 valence electrons. The van der Waals surface area contributed by atoms with E-state index in [2.05, 4.69) is 29.2 Å². The molecule has 0 bridgehead atoms. The average molecular weight is 220 g/mol. The van der Waals surface area contributed by atoms with Gasteiger partial charge in [-0.3, -0.25) is 4.90 Å². The summed E-state index contributed by atoms with van der Waals surface area (Å²) in [5.41, 5.74) is 8.24. The van der Waals surface area contributed by atoms with Crippen molar-refractivity contribution >= 4 is 0 Å². The molecule has 1 heterocycles. The Bertz CT molecular complexity index is 321. The second-order valence-electron chi connectivity index (χ2n) is 4.23. The SMILES string of the molecule is NCc1cccc(CCN2CCOCC2)c1. The summed E-state index contributed by atoms with van der Waals surface area (Å²) in [5, 5.41) is 0. The van der Waals surface area contributed by atoms with Gasteiger partial charge in [-0.1, -0.05) is 24.3 Å². The van der Waals surface area contributed by atoms with Gasteiger partial charge in [-0.25, -0.2) is 0 Å². The smallest absolute Gasteiger partial charge is 0.0594 e. The molecule has 0 spiro atoms. The van der Waals surface area contributed by atoms with Gasteiger partial charge in [0.1, 0.15) is 0 Å². The second kappa shape index (κ2) is 5.99. The molecule has 1 aromatic carbocycles. The Hall–Kier alpha value is -0.900. The van der Waals surface area contributed by atoms with E-state index in [4.69, 9.17) is 10.5 Å². The number of hydrogen-bond acceptors (Lipinski definition) is 3. The average Bonchev–Trinajstić information content (AvgIpc) is 2.38. The molecule has 0 unspecified atom stereocenters. The fourth-order valence-corrected chi connectivity index (χ4v) is 2.02. The lowest BCUT2D eigenvalue weighted by atomic mass is 10.1. The standard InChI is InChI=1S/C13H20N2O/c14-11-13-3-1-2-12(10-13)4-5-15-6-8-16-9-7-15/h1-3,10H,4-9,11,14H2. The zero-order valence-corrected chi connectivity index (χ0v) is 9.69. The van der Waals surface area contributed by atoms with Gasteiger partial charge in [-0.15, -0.1) is 0 Å². The molecule has 0 atom stereocenters. The second-order valence-corrected chi connectivity index (χ2v) is 4.23. The molecule has 0 aliphatic carbocycles. The minimum atomic E-state index is 0.630. The monoisotopic (exact) mass is 220 g/mol. The Kier molecular flexibility index (Phi) is 4.34. The van der Waals surface area contributed by atoms with Crippen molar-refractivity contribution in [2.75, 3.05) is 32.8 Å². The van der Waals surface area contributed by atoms with Crippen molar-refractivity contribution in [3.05, 3.63) is 35.4 Å². The van der Waals surface area contributed by atoms with Crippen molar-refractivity contribution in [2.45, 2.75) is 13.0 Å². The van der Waals surface area contributed by atoms with Crippen LogP contribution in [0, 0.1) is 0 Å². The molecule has 3 heteroatoms. The van der Waals surface area contributed by atoms with Gasteiger partial charge in [0.15, 0.2) is 0 Å². The van der Waals surface area contributed by atoms with Crippen LogP contribution in [0.25, 0.3) is 0 Å². The van der Waals surface area contributed by atoms with E-state index in [1.165, 1.54) is 11.1 Å². The van der Waals surface area contributed by atoms with E-state index in [1.54, 1.807) is 0 Å². The minimum absolute atomic E-state index is 0.630. The van der Waals surface area contributed by atoms with Gasteiger partial charge in [-0.05, 0) is 17.5 Å². The van der Waals surface area contributed by atoms with Crippen LogP contribution in [0.4, 0.5) is 0 Å². The summed E-state index contributed by atoms with van der Waals surface area (Å²) in [6, 6.07) is 8.56. The molecule has 16 heavy (non-hydrogen) atoms. The first-order valence-corrected chi connectivity index (χ1v) is 5.96. The summed E-state index contributed by atoms with van der Waals surface area (Å²) in [6.45, 7) is 5.64. The van der Waals surface area contributed by atoms with Crippen molar-refractivity contribution < 1.29 is 4.74 Å². The van der Waals surface area contributed by atoms with Gasteiger partial charge in [0.2, 0.25) is 0 Å². The van der Waals surface area contributed by atoms with Gasteiger partial charge < -0.3 is 10.5 Å². The first-order valence-electron chi connectivity index (χ1n) is 5.96. The summed E-state index contributed by atoms with van der Waals surface area (Å²) in [6.07, 6.45) is 1.10. The number of ether oxygens (including phenoxy) is 1. The third-order valence-corrected chi connectivity index (χ3v) is 3.05. The van der Waals surface area contributed by atoms with Crippen molar-refractivity contribution in [2.24, 2.45) is 5.73 Å². The third kappa shape index (κ3) is 3.30. The van der Waals surface area contributed by atoms with Crippen LogP contribution in [0.1, 0.15) is 11.1 Å². The molecule has 2 rings (SSSR count). The highest BCUT2D eigenvalue weighted by atomic mass is 16.5. The Morgan fingerprint density at radius 2 is 1.94 bits per heavy atom. The highest BCUT2D eigenvalue weighted by molar-refractivity contribution is 5.23. The maximum Gasteiger partial charge on any atom is 0.0594 e. The molecule has 1 aliphatic heterocycles. The summed E-state index contributed by atoms with van der Waals surface area (Å²) in [4.78, 5) is 2.46. The fourth-order valence-electron chi connectivity index (χ4n) is 2.02. The van der Waals surface area contributed by atoms with Gasteiger partial charge in [0.05, 0.1) is 13.2 Å². The zero-order chi connectivity index (χ0) is 11.2. The first kappa shape index (κ1) is 11.6. The number of rotatable bonds is 4. The van der Waals surface area contributed by atoms with Crippen molar-refractivity contribution in [1.29, 1.82) is 0 Å². The highest BCUT2D eigenvalue weighted by Gasteiger charge is 2.09. The lowest BCUT2D eigenvalue weighted by Crippen LogP contribution is -2.37. The topological polar surface area (TPSA) is 38.5 Å². The summed E-state index contributed by atoms with van der Waals surface area (Å²) >= 11 is 0. The van der Waals surface area contributed by atoms with E-state index >= 15 is 0 Å². The molecule has 1 saturated heterocycles. The van der Waals surface area contributed by atoms with Crippen LogP contribution in [0.3, 0.4) is 0 Å². The van der Waals surface area contributed by atoms with E-state index in [-0.39, 0.29) is 0 Å². The molecular formula is C13H20N2O. The molecule has 3 nitrogen and oxygen atoms in total. The maximum atomic E-state index is 5.63. The van der Waals surface area contributed by atoms with E-state index in [9.17, 15) is 0 Å². The molecule has 1 fully saturated rings. The van der Waals surface area contributed by atoms with Crippen LogP contribution in [0.15, 0.2) is 24.3 Å². The van der Waals surface area contributed by atoms with E-state index in [0.717, 1.165) is 39.3 Å². The number of hydrogen-bond donors (Lipinski definition) is 1. The van der Waals surface area contributed by atoms with Gasteiger partial charge in [-0.2, -0.15) is 0 Å². The lowest BCUT2D eigenvalue weighted by Gasteiger charge is -2.26. The summed E-state index contributed by atoms with van der Waals surface area (Å²) < 4.78 is 5.33. The van der Waals surface area contributed by atoms with E-state index in [0.29, 0.717) is 6.54 Å². The molecule has 0 aromatic heterocycles. The Morgan fingerprint density at radius 1 is 1.19 bits per heavy atom. The van der Waals surface area contributed by atoms with Crippen LogP contribution in [-0.4, -0.2) is 37.7 Å². The molecule has 0 saturated carbocycles. The van der Waals surface area contributed by atoms with Crippen molar-refractivity contribution in [1.82, 2.24) is 4.90 Å². The van der Waals surface area contributed by atoms with Gasteiger partial charge in [0.25, 0.3) is 0 Å². The Morgan fingerprint density at radius 3 is 2.69 bits per heavy atom. The predicted molar refractivity (Wildman–Crippen MR) is 65.3 cm³/mol. The van der Waals surface area contributed by atoms with E-state index < -0.39 is 0 Å². The molecule has 1 aromatic rings. The van der Waals surface area contributed by atoms with Crippen molar-refractivity contribution in [3.8, 4) is 0 Å². The van der Waals surface area contributed by atoms with Crippen LogP contribution < -0.4 is 5.73 Å². The summed E-state index contributed by atoms with van der Waals surface area (Å²) in [5.74, 6) is 0. The molecule has 2 N–H and O–H groups in total. The Labute approximate surface area is 97.2 Å². The number of nitrogens with zero attached hydrogens (tertiary/aromatic N) is 1. The van der Waals surface area contributed by atoms with Crippen molar-refractivity contribution in [3.63, 3.8) is 0 Å². The van der Waals surface area contributed by atoms with Gasteiger partial charge in [0, 0.05) is 26.2 Å². The predicted octanol–water partition coefficient (Wildman–Crippen LogP) is 1.02. The first-order chi connectivity index (χ1) is 7.88. The van der Waals surface area contributed by atoms with Crippen LogP contribution in [0.2, 0.25) is 0 Å². The minimum Gasteiger partial charge on any atom is -0.379 e. The molecular weight excluding hydrogens is 200 g/mol. The van der Waals surface area contributed by atoms with Crippen LogP contribution in [0.5, 0.6) is 0 Å². The lowest BCUT2D eigenvalue weighted by molar-refractivity contribution is 0.0384. The number of nitrogens with two attached hydrogens (primary N) is 1. The normalized spacial score (nSPS) is 17.6. The largest absolute Gasteiger partial charge is 0.379 e. The molecule has 1 aliphatic rings. The fraction of sp³-hybridized carbons (Fsp3) is 0.538.